The number of aliphatic hydroxyl groups excluding tert-OH is 2. The van der Waals surface area contributed by atoms with Crippen molar-refractivity contribution < 1.29 is 24.5 Å². The molecule has 0 aliphatic heterocycles. The number of aliphatic hydroxyl groups is 2. The number of esters is 1. The first-order valence-corrected chi connectivity index (χ1v) is 27.1. The van der Waals surface area contributed by atoms with Gasteiger partial charge in [-0.1, -0.05) is 244 Å². The van der Waals surface area contributed by atoms with Gasteiger partial charge in [0.25, 0.3) is 0 Å². The number of unbranched alkanes of at least 4 members (excludes halogenated alkanes) is 33. The summed E-state index contributed by atoms with van der Waals surface area (Å²) in [6, 6.07) is -0.696. The van der Waals surface area contributed by atoms with Gasteiger partial charge < -0.3 is 20.3 Å². The van der Waals surface area contributed by atoms with Gasteiger partial charge in [0.1, 0.15) is 6.10 Å². The lowest BCUT2D eigenvalue weighted by Crippen LogP contribution is -2.46. The van der Waals surface area contributed by atoms with Crippen LogP contribution < -0.4 is 5.32 Å². The molecular weight excluding hydrogens is 755 g/mol. The maximum Gasteiger partial charge on any atom is 0.306 e. The summed E-state index contributed by atoms with van der Waals surface area (Å²) in [4.78, 5) is 26.1. The van der Waals surface area contributed by atoms with Crippen molar-refractivity contribution in [2.45, 2.75) is 309 Å². The molecule has 0 aliphatic rings. The van der Waals surface area contributed by atoms with E-state index in [0.29, 0.717) is 19.3 Å². The standard InChI is InChI=1S/C55H105NO5/c1-4-7-10-13-16-19-21-23-25-26-27-28-30-32-34-36-39-42-45-48-55(60)61-51(46-43-40-37-18-15-12-9-6-3)49-54(59)56-52(50-57)53(58)47-44-41-38-35-33-31-29-24-22-20-17-14-11-8-5-2/h16,19,23,25,51-53,57-58H,4-15,17-18,20-22,24,26-50H2,1-3H3,(H,56,59)/b19-16-,25-23-. The van der Waals surface area contributed by atoms with Crippen LogP contribution in [0.1, 0.15) is 290 Å². The van der Waals surface area contributed by atoms with Crippen LogP contribution in [0.4, 0.5) is 0 Å². The fraction of sp³-hybridized carbons (Fsp3) is 0.891. The second kappa shape index (κ2) is 49.4. The number of ether oxygens (including phenoxy) is 1. The molecular formula is C55H105NO5. The van der Waals surface area contributed by atoms with E-state index < -0.39 is 18.2 Å². The van der Waals surface area contributed by atoms with Crippen LogP contribution in [0.5, 0.6) is 0 Å². The van der Waals surface area contributed by atoms with Crippen molar-refractivity contribution in [1.82, 2.24) is 5.32 Å². The molecule has 360 valence electrons. The molecule has 6 nitrogen and oxygen atoms in total. The van der Waals surface area contributed by atoms with Crippen LogP contribution >= 0.6 is 0 Å². The molecule has 3 unspecified atom stereocenters. The van der Waals surface area contributed by atoms with E-state index in [4.69, 9.17) is 4.74 Å². The molecule has 0 aliphatic carbocycles. The Hall–Kier alpha value is -1.66. The molecule has 0 aromatic heterocycles. The third-order valence-electron chi connectivity index (χ3n) is 12.5. The lowest BCUT2D eigenvalue weighted by atomic mass is 10.0. The summed E-state index contributed by atoms with van der Waals surface area (Å²) < 4.78 is 5.92. The number of hydrogen-bond donors (Lipinski definition) is 3. The van der Waals surface area contributed by atoms with Gasteiger partial charge in [-0.25, -0.2) is 0 Å². The summed E-state index contributed by atoms with van der Waals surface area (Å²) in [7, 11) is 0. The zero-order valence-electron chi connectivity index (χ0n) is 41.1. The number of carbonyl (C=O) groups excluding carboxylic acids is 2. The van der Waals surface area contributed by atoms with Crippen molar-refractivity contribution in [1.29, 1.82) is 0 Å². The van der Waals surface area contributed by atoms with E-state index in [2.05, 4.69) is 50.4 Å². The van der Waals surface area contributed by atoms with Gasteiger partial charge in [-0.2, -0.15) is 0 Å². The highest BCUT2D eigenvalue weighted by molar-refractivity contribution is 5.77. The zero-order chi connectivity index (χ0) is 44.5. The Morgan fingerprint density at radius 2 is 0.836 bits per heavy atom. The first-order chi connectivity index (χ1) is 30.0. The lowest BCUT2D eigenvalue weighted by molar-refractivity contribution is -0.151. The van der Waals surface area contributed by atoms with Gasteiger partial charge in [-0.15, -0.1) is 0 Å². The van der Waals surface area contributed by atoms with Crippen molar-refractivity contribution in [3.8, 4) is 0 Å². The van der Waals surface area contributed by atoms with Crippen LogP contribution in [0.3, 0.4) is 0 Å². The highest BCUT2D eigenvalue weighted by Gasteiger charge is 2.24. The molecule has 0 radical (unpaired) electrons. The first kappa shape index (κ1) is 59.3. The molecule has 0 fully saturated rings. The summed E-state index contributed by atoms with van der Waals surface area (Å²) in [6.07, 6.45) is 56.8. The van der Waals surface area contributed by atoms with Crippen LogP contribution in [0.25, 0.3) is 0 Å². The molecule has 0 bridgehead atoms. The van der Waals surface area contributed by atoms with E-state index in [-0.39, 0.29) is 24.9 Å². The van der Waals surface area contributed by atoms with E-state index in [0.717, 1.165) is 51.4 Å². The van der Waals surface area contributed by atoms with Gasteiger partial charge in [0, 0.05) is 6.42 Å². The predicted octanol–water partition coefficient (Wildman–Crippen LogP) is 16.3. The normalized spacial score (nSPS) is 13.3. The van der Waals surface area contributed by atoms with Gasteiger partial charge in [-0.05, 0) is 57.8 Å². The van der Waals surface area contributed by atoms with Crippen molar-refractivity contribution in [3.63, 3.8) is 0 Å². The summed E-state index contributed by atoms with van der Waals surface area (Å²) in [5.41, 5.74) is 0. The van der Waals surface area contributed by atoms with E-state index in [1.165, 1.54) is 193 Å². The molecule has 61 heavy (non-hydrogen) atoms. The Morgan fingerprint density at radius 1 is 0.475 bits per heavy atom. The molecule has 0 rings (SSSR count). The molecule has 3 atom stereocenters. The minimum Gasteiger partial charge on any atom is -0.462 e. The first-order valence-electron chi connectivity index (χ1n) is 27.1. The lowest BCUT2D eigenvalue weighted by Gasteiger charge is -2.24. The summed E-state index contributed by atoms with van der Waals surface area (Å²) in [5.74, 6) is -0.467. The molecule has 1 amide bonds. The third kappa shape index (κ3) is 44.7. The molecule has 0 saturated carbocycles. The predicted molar refractivity (Wildman–Crippen MR) is 264 cm³/mol. The Kier molecular flexibility index (Phi) is 48.0. The zero-order valence-corrected chi connectivity index (χ0v) is 41.1. The van der Waals surface area contributed by atoms with Crippen LogP contribution in [0, 0.1) is 0 Å². The topological polar surface area (TPSA) is 95.9 Å². The number of allylic oxidation sites excluding steroid dienone is 4. The Bertz CT molecular complexity index is 966. The Balaban J connectivity index is 4.34. The van der Waals surface area contributed by atoms with Crippen LogP contribution in [-0.4, -0.2) is 46.9 Å². The number of rotatable bonds is 49. The average Bonchev–Trinajstić information content (AvgIpc) is 3.25. The fourth-order valence-electron chi connectivity index (χ4n) is 8.40. The fourth-order valence-corrected chi connectivity index (χ4v) is 8.40. The molecule has 3 N–H and O–H groups in total. The molecule has 0 saturated heterocycles. The van der Waals surface area contributed by atoms with Crippen LogP contribution in [0.2, 0.25) is 0 Å². The maximum absolute atomic E-state index is 13.2. The van der Waals surface area contributed by atoms with Gasteiger partial charge >= 0.3 is 5.97 Å². The number of amides is 1. The molecule has 0 aromatic rings. The minimum absolute atomic E-state index is 0.0806. The average molecular weight is 860 g/mol. The minimum atomic E-state index is -0.783. The van der Waals surface area contributed by atoms with Crippen molar-refractivity contribution >= 4 is 11.9 Å². The summed E-state index contributed by atoms with van der Waals surface area (Å²) in [6.45, 7) is 6.46. The van der Waals surface area contributed by atoms with Crippen molar-refractivity contribution in [3.05, 3.63) is 24.3 Å². The van der Waals surface area contributed by atoms with Crippen LogP contribution in [0.15, 0.2) is 24.3 Å². The second-order valence-corrected chi connectivity index (χ2v) is 18.6. The number of carbonyl (C=O) groups is 2. The Morgan fingerprint density at radius 3 is 1.28 bits per heavy atom. The SMILES string of the molecule is CCCCC/C=C\C/C=C\CCCCCCCCCCCC(=O)OC(CCCCCCCCCC)CC(=O)NC(CO)C(O)CCCCCCCCCCCCCCCCC. The van der Waals surface area contributed by atoms with E-state index in [1.807, 2.05) is 0 Å². The van der Waals surface area contributed by atoms with Gasteiger partial charge in [0.05, 0.1) is 25.2 Å². The monoisotopic (exact) mass is 860 g/mol. The molecule has 0 heterocycles. The highest BCUT2D eigenvalue weighted by atomic mass is 16.5. The molecule has 0 aromatic carbocycles. The summed E-state index contributed by atoms with van der Waals surface area (Å²) >= 11 is 0. The smallest absolute Gasteiger partial charge is 0.306 e. The van der Waals surface area contributed by atoms with E-state index in [1.54, 1.807) is 0 Å². The number of nitrogens with one attached hydrogen (secondary N) is 1. The molecule has 0 spiro atoms. The van der Waals surface area contributed by atoms with Gasteiger partial charge in [0.15, 0.2) is 0 Å². The van der Waals surface area contributed by atoms with Crippen molar-refractivity contribution in [2.24, 2.45) is 0 Å². The second-order valence-electron chi connectivity index (χ2n) is 18.6. The van der Waals surface area contributed by atoms with Gasteiger partial charge in [-0.3, -0.25) is 9.59 Å². The quantitative estimate of drug-likeness (QED) is 0.0322. The maximum atomic E-state index is 13.2. The van der Waals surface area contributed by atoms with E-state index in [9.17, 15) is 19.8 Å². The molecule has 6 heteroatoms. The number of hydrogen-bond acceptors (Lipinski definition) is 5. The largest absolute Gasteiger partial charge is 0.462 e. The third-order valence-corrected chi connectivity index (χ3v) is 12.5. The van der Waals surface area contributed by atoms with E-state index >= 15 is 0 Å². The Labute approximate surface area is 380 Å². The van der Waals surface area contributed by atoms with Gasteiger partial charge in [0.2, 0.25) is 5.91 Å². The van der Waals surface area contributed by atoms with Crippen molar-refractivity contribution in [2.75, 3.05) is 6.61 Å². The highest BCUT2D eigenvalue weighted by Crippen LogP contribution is 2.18. The van der Waals surface area contributed by atoms with Crippen LogP contribution in [-0.2, 0) is 14.3 Å². The summed E-state index contributed by atoms with van der Waals surface area (Å²) in [5, 5.41) is 23.8.